The monoisotopic (exact) mass is 504 g/mol. The van der Waals surface area contributed by atoms with E-state index < -0.39 is 42.3 Å². The van der Waals surface area contributed by atoms with Crippen molar-refractivity contribution in [2.24, 2.45) is 0 Å². The number of halogens is 2. The molecule has 2 rings (SSSR count). The van der Waals surface area contributed by atoms with Crippen molar-refractivity contribution >= 4 is 41.2 Å². The maximum Gasteiger partial charge on any atom is 0.408 e. The Morgan fingerprint density at radius 1 is 1.24 bits per heavy atom. The predicted molar refractivity (Wildman–Crippen MR) is 123 cm³/mol. The van der Waals surface area contributed by atoms with Gasteiger partial charge in [-0.15, -0.1) is 0 Å². The van der Waals surface area contributed by atoms with E-state index in [1.165, 1.54) is 19.1 Å². The van der Waals surface area contributed by atoms with Crippen molar-refractivity contribution in [1.29, 1.82) is 0 Å². The summed E-state index contributed by atoms with van der Waals surface area (Å²) in [5.41, 5.74) is -0.131. The largest absolute Gasteiger partial charge is 0.496 e. The third-order valence-electron chi connectivity index (χ3n) is 5.25. The lowest BCUT2D eigenvalue weighted by Crippen LogP contribution is -2.58. The van der Waals surface area contributed by atoms with Gasteiger partial charge in [-0.1, -0.05) is 23.2 Å². The van der Waals surface area contributed by atoms with E-state index in [-0.39, 0.29) is 18.9 Å². The van der Waals surface area contributed by atoms with Crippen LogP contribution in [-0.2, 0) is 19.1 Å². The average molecular weight is 505 g/mol. The minimum atomic E-state index is -1.28. The summed E-state index contributed by atoms with van der Waals surface area (Å²) in [6.07, 6.45) is -0.213. The first-order valence-electron chi connectivity index (χ1n) is 10.4. The molecule has 9 nitrogen and oxygen atoms in total. The molecule has 1 saturated heterocycles. The van der Waals surface area contributed by atoms with Crippen LogP contribution in [0.2, 0.25) is 10.0 Å². The van der Waals surface area contributed by atoms with E-state index in [9.17, 15) is 19.5 Å². The maximum atomic E-state index is 13.2. The summed E-state index contributed by atoms with van der Waals surface area (Å²) >= 11 is 12.6. The fourth-order valence-corrected chi connectivity index (χ4v) is 4.27. The summed E-state index contributed by atoms with van der Waals surface area (Å²) in [5.74, 6) is -0.969. The standard InChI is InChI=1S/C22H30Cl2N2O7/c1-22(2,3)33-21(30)25-14(11-27)19(28)26-9-8-12(10-15(26)20(29)32-5)17-16(31-4)7-6-13(23)18(17)24/h6-7,12,14-15,27H,8-11H2,1-5H3,(H,25,30)/t12-,14-,15+/m1/s1. The zero-order valence-corrected chi connectivity index (χ0v) is 20.8. The topological polar surface area (TPSA) is 114 Å². The smallest absolute Gasteiger partial charge is 0.408 e. The van der Waals surface area contributed by atoms with E-state index in [0.717, 1.165) is 0 Å². The Morgan fingerprint density at radius 2 is 1.91 bits per heavy atom. The number of ether oxygens (including phenoxy) is 3. The van der Waals surface area contributed by atoms with Gasteiger partial charge in [0.05, 0.1) is 30.9 Å². The van der Waals surface area contributed by atoms with Gasteiger partial charge in [-0.05, 0) is 51.7 Å². The van der Waals surface area contributed by atoms with E-state index in [0.29, 0.717) is 27.8 Å². The Morgan fingerprint density at radius 3 is 2.45 bits per heavy atom. The van der Waals surface area contributed by atoms with Gasteiger partial charge in [-0.25, -0.2) is 9.59 Å². The van der Waals surface area contributed by atoms with Crippen LogP contribution in [-0.4, -0.2) is 73.0 Å². The van der Waals surface area contributed by atoms with Crippen LogP contribution in [0, 0.1) is 0 Å². The van der Waals surface area contributed by atoms with Crippen molar-refractivity contribution in [3.8, 4) is 5.75 Å². The predicted octanol–water partition coefficient (Wildman–Crippen LogP) is 3.14. The molecule has 0 bridgehead atoms. The molecule has 0 aromatic heterocycles. The van der Waals surface area contributed by atoms with E-state index >= 15 is 0 Å². The van der Waals surface area contributed by atoms with Crippen molar-refractivity contribution in [1.82, 2.24) is 10.2 Å². The third kappa shape index (κ3) is 6.65. The molecule has 3 atom stereocenters. The Balaban J connectivity index is 2.28. The van der Waals surface area contributed by atoms with Crippen molar-refractivity contribution in [3.63, 3.8) is 0 Å². The third-order valence-corrected chi connectivity index (χ3v) is 6.07. The molecule has 0 aliphatic carbocycles. The molecule has 2 N–H and O–H groups in total. The number of benzene rings is 1. The van der Waals surface area contributed by atoms with Gasteiger partial charge in [0, 0.05) is 12.1 Å². The molecule has 0 saturated carbocycles. The molecule has 0 unspecified atom stereocenters. The number of hydrogen-bond acceptors (Lipinski definition) is 7. The summed E-state index contributed by atoms with van der Waals surface area (Å²) in [6.45, 7) is 4.52. The number of aliphatic hydroxyl groups excluding tert-OH is 1. The van der Waals surface area contributed by atoms with Crippen LogP contribution in [0.3, 0.4) is 0 Å². The van der Waals surface area contributed by atoms with E-state index in [1.54, 1.807) is 32.9 Å². The number of piperidine rings is 1. The van der Waals surface area contributed by atoms with Gasteiger partial charge in [0.25, 0.3) is 0 Å². The van der Waals surface area contributed by atoms with Gasteiger partial charge in [0.2, 0.25) is 5.91 Å². The molecule has 1 aliphatic rings. The summed E-state index contributed by atoms with van der Waals surface area (Å²) in [5, 5.41) is 12.8. The van der Waals surface area contributed by atoms with Crippen molar-refractivity contribution in [3.05, 3.63) is 27.7 Å². The van der Waals surface area contributed by atoms with Crippen LogP contribution in [0.4, 0.5) is 4.79 Å². The number of esters is 1. The number of aliphatic hydroxyl groups is 1. The number of carbonyl (C=O) groups excluding carboxylic acids is 3. The first kappa shape index (κ1) is 27.0. The van der Waals surface area contributed by atoms with Gasteiger partial charge in [-0.2, -0.15) is 0 Å². The molecule has 11 heteroatoms. The Bertz CT molecular complexity index is 888. The number of rotatable bonds is 6. The molecule has 0 radical (unpaired) electrons. The zero-order chi connectivity index (χ0) is 24.9. The molecular formula is C22H30Cl2N2O7. The quantitative estimate of drug-likeness (QED) is 0.571. The highest BCUT2D eigenvalue weighted by Gasteiger charge is 2.41. The van der Waals surface area contributed by atoms with Crippen LogP contribution < -0.4 is 10.1 Å². The van der Waals surface area contributed by atoms with Gasteiger partial charge in [-0.3, -0.25) is 4.79 Å². The number of amides is 2. The average Bonchev–Trinajstić information content (AvgIpc) is 2.76. The maximum absolute atomic E-state index is 13.2. The van der Waals surface area contributed by atoms with Crippen LogP contribution in [0.15, 0.2) is 12.1 Å². The first-order chi connectivity index (χ1) is 15.4. The van der Waals surface area contributed by atoms with Crippen molar-refractivity contribution < 1.29 is 33.7 Å². The van der Waals surface area contributed by atoms with Gasteiger partial charge < -0.3 is 29.5 Å². The molecular weight excluding hydrogens is 475 g/mol. The van der Waals surface area contributed by atoms with Crippen molar-refractivity contribution in [2.75, 3.05) is 27.4 Å². The fraction of sp³-hybridized carbons (Fsp3) is 0.591. The van der Waals surface area contributed by atoms with Gasteiger partial charge in [0.1, 0.15) is 23.4 Å². The summed E-state index contributed by atoms with van der Waals surface area (Å²) in [4.78, 5) is 39.2. The van der Waals surface area contributed by atoms with Crippen molar-refractivity contribution in [2.45, 2.75) is 57.2 Å². The first-order valence-corrected chi connectivity index (χ1v) is 11.2. The minimum absolute atomic E-state index is 0.155. The van der Waals surface area contributed by atoms with Gasteiger partial charge in [0.15, 0.2) is 0 Å². The summed E-state index contributed by atoms with van der Waals surface area (Å²) in [7, 11) is 2.73. The number of carbonyl (C=O) groups is 3. The van der Waals surface area contributed by atoms with E-state index in [1.807, 2.05) is 0 Å². The minimum Gasteiger partial charge on any atom is -0.496 e. The summed E-state index contributed by atoms with van der Waals surface area (Å²) < 4.78 is 15.5. The van der Waals surface area contributed by atoms with Crippen LogP contribution in [0.5, 0.6) is 5.75 Å². The highest BCUT2D eigenvalue weighted by atomic mass is 35.5. The fourth-order valence-electron chi connectivity index (χ4n) is 3.79. The summed E-state index contributed by atoms with van der Waals surface area (Å²) in [6, 6.07) is 1.07. The van der Waals surface area contributed by atoms with Crippen LogP contribution >= 0.6 is 23.2 Å². The lowest BCUT2D eigenvalue weighted by molar-refractivity contribution is -0.156. The Kier molecular flexibility index (Phi) is 9.22. The molecule has 1 aromatic carbocycles. The molecule has 1 aliphatic heterocycles. The lowest BCUT2D eigenvalue weighted by Gasteiger charge is -2.40. The number of hydrogen-bond donors (Lipinski definition) is 2. The number of alkyl carbamates (subject to hydrolysis) is 1. The Labute approximate surface area is 203 Å². The normalized spacial score (nSPS) is 19.5. The molecule has 1 aromatic rings. The molecule has 0 spiro atoms. The second kappa shape index (κ2) is 11.3. The van der Waals surface area contributed by atoms with Crippen LogP contribution in [0.25, 0.3) is 0 Å². The number of nitrogens with one attached hydrogen (secondary N) is 1. The number of likely N-dealkylation sites (tertiary alicyclic amines) is 1. The SMILES string of the molecule is COC(=O)[C@@H]1C[C@H](c2c(OC)ccc(Cl)c2Cl)CCN1C(=O)[C@@H](CO)NC(=O)OC(C)(C)C. The van der Waals surface area contributed by atoms with E-state index in [2.05, 4.69) is 5.32 Å². The molecule has 33 heavy (non-hydrogen) atoms. The highest BCUT2D eigenvalue weighted by Crippen LogP contribution is 2.43. The molecule has 1 fully saturated rings. The number of methoxy groups -OCH3 is 2. The molecule has 184 valence electrons. The molecule has 2 amide bonds. The number of nitrogens with zero attached hydrogens (tertiary/aromatic N) is 1. The lowest BCUT2D eigenvalue weighted by atomic mass is 9.84. The highest BCUT2D eigenvalue weighted by molar-refractivity contribution is 6.42. The van der Waals surface area contributed by atoms with E-state index in [4.69, 9.17) is 37.4 Å². The Hall–Kier alpha value is -2.23. The molecule has 1 heterocycles. The second-order valence-corrected chi connectivity index (χ2v) is 9.44. The second-order valence-electron chi connectivity index (χ2n) is 8.65. The van der Waals surface area contributed by atoms with Crippen LogP contribution in [0.1, 0.15) is 45.1 Å². The zero-order valence-electron chi connectivity index (χ0n) is 19.3. The van der Waals surface area contributed by atoms with Gasteiger partial charge >= 0.3 is 12.1 Å².